The zero-order valence-corrected chi connectivity index (χ0v) is 4.74. The summed E-state index contributed by atoms with van der Waals surface area (Å²) in [6.45, 7) is 0. The Morgan fingerprint density at radius 2 is 1.70 bits per heavy atom. The predicted molar refractivity (Wildman–Crippen MR) is 40.6 cm³/mol. The van der Waals surface area contributed by atoms with Gasteiger partial charge in [-0.3, -0.25) is 0 Å². The number of carboxylic acid groups (broad SMARTS) is 1. The molecular weight excluding hydrogens is 202 g/mol. The van der Waals surface area contributed by atoms with Gasteiger partial charge in [-0.15, -0.1) is 0 Å². The zero-order chi connectivity index (χ0) is 6.69. The molecule has 0 heterocycles. The fourth-order valence-corrected chi connectivity index (χ4v) is 0.581. The van der Waals surface area contributed by atoms with Crippen LogP contribution in [0.25, 0.3) is 0 Å². The van der Waals surface area contributed by atoms with Crippen LogP contribution in [0.4, 0.5) is 0 Å². The van der Waals surface area contributed by atoms with Gasteiger partial charge in [-0.1, -0.05) is 18.2 Å². The number of benzene rings is 1. The Hall–Kier alpha value is 0.495. The summed E-state index contributed by atoms with van der Waals surface area (Å²) >= 11 is 0. The second kappa shape index (κ2) is 5.19. The Balaban J connectivity index is 0.000000810. The SMILES string of the molecule is O=C(O)c1ccccc1.[RbH]. The molecule has 1 rings (SSSR count). The van der Waals surface area contributed by atoms with Crippen molar-refractivity contribution in [1.29, 1.82) is 0 Å². The molecule has 0 saturated carbocycles. The van der Waals surface area contributed by atoms with Crippen molar-refractivity contribution >= 4 is 64.2 Å². The van der Waals surface area contributed by atoms with Crippen LogP contribution in [0.1, 0.15) is 10.4 Å². The predicted octanol–water partition coefficient (Wildman–Crippen LogP) is 0.736. The molecule has 1 aromatic rings. The van der Waals surface area contributed by atoms with Crippen molar-refractivity contribution in [2.24, 2.45) is 0 Å². The van der Waals surface area contributed by atoms with Gasteiger partial charge < -0.3 is 5.11 Å². The fraction of sp³-hybridized carbons (Fsp3) is 0. The van der Waals surface area contributed by atoms with Crippen LogP contribution in [0.2, 0.25) is 0 Å². The molecule has 0 aliphatic heterocycles. The van der Waals surface area contributed by atoms with Gasteiger partial charge in [-0.25, -0.2) is 4.79 Å². The third-order valence-electron chi connectivity index (χ3n) is 1.02. The van der Waals surface area contributed by atoms with Crippen LogP contribution in [0.3, 0.4) is 0 Å². The van der Waals surface area contributed by atoms with Gasteiger partial charge in [0.25, 0.3) is 0 Å². The Kier molecular flexibility index (Phi) is 5.44. The molecule has 1 N–H and O–H groups in total. The average Bonchev–Trinajstić information content (AvgIpc) is 1.90. The molecule has 0 bridgehead atoms. The summed E-state index contributed by atoms with van der Waals surface area (Å²) in [5.74, 6) is -0.879. The summed E-state index contributed by atoms with van der Waals surface area (Å²) in [5, 5.41) is 8.38. The summed E-state index contributed by atoms with van der Waals surface area (Å²) in [4.78, 5) is 10.2. The molecule has 48 valence electrons. The summed E-state index contributed by atoms with van der Waals surface area (Å²) < 4.78 is 0. The van der Waals surface area contributed by atoms with E-state index in [0.29, 0.717) is 5.56 Å². The van der Waals surface area contributed by atoms with E-state index < -0.39 is 5.97 Å². The van der Waals surface area contributed by atoms with Crippen LogP contribution >= 0.6 is 0 Å². The van der Waals surface area contributed by atoms with Crippen molar-refractivity contribution in [3.63, 3.8) is 0 Å². The van der Waals surface area contributed by atoms with E-state index in [2.05, 4.69) is 0 Å². The third-order valence-corrected chi connectivity index (χ3v) is 1.02. The molecule has 2 nitrogen and oxygen atoms in total. The summed E-state index contributed by atoms with van der Waals surface area (Å²) in [6.07, 6.45) is 0. The van der Waals surface area contributed by atoms with Gasteiger partial charge in [-0.05, 0) is 12.1 Å². The summed E-state index contributed by atoms with van der Waals surface area (Å²) in [5.41, 5.74) is 0.331. The first-order valence-corrected chi connectivity index (χ1v) is 2.59. The van der Waals surface area contributed by atoms with E-state index in [1.807, 2.05) is 0 Å². The van der Waals surface area contributed by atoms with E-state index >= 15 is 0 Å². The van der Waals surface area contributed by atoms with Gasteiger partial charge >= 0.3 is 64.2 Å². The Morgan fingerprint density at radius 3 is 2.00 bits per heavy atom. The second-order valence-corrected chi connectivity index (χ2v) is 1.67. The Morgan fingerprint density at radius 1 is 1.20 bits per heavy atom. The number of hydrogen-bond donors (Lipinski definition) is 1. The van der Waals surface area contributed by atoms with Crippen molar-refractivity contribution in [3.05, 3.63) is 35.9 Å². The first-order chi connectivity index (χ1) is 4.30. The molecule has 0 unspecified atom stereocenters. The minimum absolute atomic E-state index is 0. The molecule has 3 heteroatoms. The number of carbonyl (C=O) groups is 1. The van der Waals surface area contributed by atoms with Crippen LogP contribution in [-0.4, -0.2) is 69.3 Å². The molecule has 1 aromatic carbocycles. The van der Waals surface area contributed by atoms with E-state index in [0.717, 1.165) is 0 Å². The number of aromatic carboxylic acids is 1. The summed E-state index contributed by atoms with van der Waals surface area (Å²) in [6, 6.07) is 8.30. The molecule has 0 aromatic heterocycles. The topological polar surface area (TPSA) is 37.3 Å². The maximum absolute atomic E-state index is 10.2. The van der Waals surface area contributed by atoms with Crippen LogP contribution in [0.5, 0.6) is 0 Å². The Bertz CT molecular complexity index is 208. The molecule has 0 radical (unpaired) electrons. The van der Waals surface area contributed by atoms with Gasteiger partial charge in [0.15, 0.2) is 0 Å². The fourth-order valence-electron chi connectivity index (χ4n) is 0.581. The molecule has 0 aliphatic rings. The molecule has 10 heavy (non-hydrogen) atoms. The van der Waals surface area contributed by atoms with Crippen molar-refractivity contribution < 1.29 is 9.90 Å². The first kappa shape index (κ1) is 10.5. The number of hydrogen-bond acceptors (Lipinski definition) is 1. The second-order valence-electron chi connectivity index (χ2n) is 1.67. The Labute approximate surface area is 108 Å². The zero-order valence-electron chi connectivity index (χ0n) is 4.74. The first-order valence-electron chi connectivity index (χ1n) is 2.59. The van der Waals surface area contributed by atoms with Crippen molar-refractivity contribution in [2.75, 3.05) is 0 Å². The number of rotatable bonds is 1. The van der Waals surface area contributed by atoms with E-state index in [9.17, 15) is 4.79 Å². The van der Waals surface area contributed by atoms with Crippen molar-refractivity contribution in [2.45, 2.75) is 0 Å². The van der Waals surface area contributed by atoms with E-state index in [1.54, 1.807) is 30.3 Å². The van der Waals surface area contributed by atoms with Crippen LogP contribution < -0.4 is 0 Å². The van der Waals surface area contributed by atoms with E-state index in [4.69, 9.17) is 5.11 Å². The van der Waals surface area contributed by atoms with E-state index in [-0.39, 0.29) is 58.2 Å². The van der Waals surface area contributed by atoms with Gasteiger partial charge in [0, 0.05) is 0 Å². The minimum atomic E-state index is -0.879. The molecular formula is C7H7O2Rb. The molecule has 0 amide bonds. The molecule has 0 aliphatic carbocycles. The molecule has 0 spiro atoms. The standard InChI is InChI=1S/C7H6O2.Rb.H/c8-7(9)6-4-2-1-3-5-6;;/h1-5H,(H,8,9);;. The quantitative estimate of drug-likeness (QED) is 0.739. The van der Waals surface area contributed by atoms with Gasteiger partial charge in [0.2, 0.25) is 0 Å². The normalized spacial score (nSPS) is 8.00. The third kappa shape index (κ3) is 3.06. The average molecular weight is 209 g/mol. The van der Waals surface area contributed by atoms with Gasteiger partial charge in [0.1, 0.15) is 0 Å². The van der Waals surface area contributed by atoms with Gasteiger partial charge in [-0.2, -0.15) is 0 Å². The molecule has 0 fully saturated rings. The van der Waals surface area contributed by atoms with Crippen molar-refractivity contribution in [3.8, 4) is 0 Å². The summed E-state index contributed by atoms with van der Waals surface area (Å²) in [7, 11) is 0. The molecule has 0 atom stereocenters. The maximum atomic E-state index is 10.2. The monoisotopic (exact) mass is 208 g/mol. The van der Waals surface area contributed by atoms with Crippen molar-refractivity contribution in [1.82, 2.24) is 0 Å². The van der Waals surface area contributed by atoms with E-state index in [1.165, 1.54) is 0 Å². The number of carboxylic acids is 1. The molecule has 0 saturated heterocycles. The van der Waals surface area contributed by atoms with Gasteiger partial charge in [0.05, 0.1) is 5.56 Å². The van der Waals surface area contributed by atoms with Crippen LogP contribution in [-0.2, 0) is 0 Å². The van der Waals surface area contributed by atoms with Crippen LogP contribution in [0, 0.1) is 0 Å². The van der Waals surface area contributed by atoms with Crippen LogP contribution in [0.15, 0.2) is 30.3 Å².